The number of allylic oxidation sites excluding steroid dienone is 1. The molecule has 1 aromatic rings. The van der Waals surface area contributed by atoms with Crippen molar-refractivity contribution < 1.29 is 19.1 Å². The minimum atomic E-state index is -1.07. The first-order valence-electron chi connectivity index (χ1n) is 8.30. The Labute approximate surface area is 153 Å². The van der Waals surface area contributed by atoms with Gasteiger partial charge in [-0.3, -0.25) is 4.79 Å². The second kappa shape index (κ2) is 11.5. The average Bonchev–Trinajstić information content (AvgIpc) is 2.50. The van der Waals surface area contributed by atoms with Crippen LogP contribution >= 0.6 is 0 Å². The standard InChI is InChI=1S/C18H24O4.C2H6.CH4/c1-12(2)21-17(20)18(5,6)22-16-13(3)10-15(8-7-9-19)11-14(16)4;1-2;/h7-12H,1-6H3;1-2H3;1H4/b8-7+;;. The van der Waals surface area contributed by atoms with Crippen molar-refractivity contribution in [2.75, 3.05) is 0 Å². The molecule has 0 fully saturated rings. The van der Waals surface area contributed by atoms with E-state index in [0.717, 1.165) is 23.0 Å². The Kier molecular flexibility index (Phi) is 11.5. The van der Waals surface area contributed by atoms with E-state index in [1.165, 1.54) is 6.08 Å². The van der Waals surface area contributed by atoms with Crippen molar-refractivity contribution in [1.29, 1.82) is 0 Å². The van der Waals surface area contributed by atoms with Crippen LogP contribution in [0, 0.1) is 13.8 Å². The van der Waals surface area contributed by atoms with E-state index in [1.54, 1.807) is 33.8 Å². The van der Waals surface area contributed by atoms with Crippen molar-refractivity contribution in [3.8, 4) is 5.75 Å². The fourth-order valence-corrected chi connectivity index (χ4v) is 2.04. The quantitative estimate of drug-likeness (QED) is 0.397. The summed E-state index contributed by atoms with van der Waals surface area (Å²) in [5, 5.41) is 0. The van der Waals surface area contributed by atoms with E-state index in [2.05, 4.69) is 0 Å². The van der Waals surface area contributed by atoms with Gasteiger partial charge >= 0.3 is 5.97 Å². The largest absolute Gasteiger partial charge is 0.476 e. The topological polar surface area (TPSA) is 52.6 Å². The van der Waals surface area contributed by atoms with Gasteiger partial charge in [-0.25, -0.2) is 4.79 Å². The third-order valence-electron chi connectivity index (χ3n) is 3.04. The number of carbonyl (C=O) groups is 2. The lowest BCUT2D eigenvalue weighted by Gasteiger charge is -2.27. The summed E-state index contributed by atoms with van der Waals surface area (Å²) in [6.07, 6.45) is 3.72. The average molecular weight is 350 g/mol. The maximum atomic E-state index is 12.1. The number of benzene rings is 1. The summed E-state index contributed by atoms with van der Waals surface area (Å²) in [5.41, 5.74) is 1.64. The predicted molar refractivity (Wildman–Crippen MR) is 105 cm³/mol. The first-order valence-corrected chi connectivity index (χ1v) is 8.30. The molecule has 0 amide bonds. The highest BCUT2D eigenvalue weighted by Crippen LogP contribution is 2.29. The number of aldehydes is 1. The molecule has 1 rings (SSSR count). The monoisotopic (exact) mass is 350 g/mol. The second-order valence-electron chi connectivity index (χ2n) is 6.05. The smallest absolute Gasteiger partial charge is 0.350 e. The predicted octanol–water partition coefficient (Wildman–Crippen LogP) is 5.29. The van der Waals surface area contributed by atoms with Gasteiger partial charge in [-0.05, 0) is 76.4 Å². The number of rotatable bonds is 6. The third kappa shape index (κ3) is 8.01. The molecule has 0 radical (unpaired) electrons. The number of hydrogen-bond acceptors (Lipinski definition) is 4. The van der Waals surface area contributed by atoms with Gasteiger partial charge < -0.3 is 9.47 Å². The van der Waals surface area contributed by atoms with Gasteiger partial charge in [-0.1, -0.05) is 27.4 Å². The lowest BCUT2D eigenvalue weighted by molar-refractivity contribution is -0.163. The van der Waals surface area contributed by atoms with E-state index in [4.69, 9.17) is 9.47 Å². The summed E-state index contributed by atoms with van der Waals surface area (Å²) < 4.78 is 11.1. The molecule has 4 nitrogen and oxygen atoms in total. The SMILES string of the molecule is C.CC.Cc1cc(/C=C/C=O)cc(C)c1OC(C)(C)C(=O)OC(C)C. The van der Waals surface area contributed by atoms with Gasteiger partial charge in [0.25, 0.3) is 0 Å². The van der Waals surface area contributed by atoms with Gasteiger partial charge in [0.05, 0.1) is 6.10 Å². The number of ether oxygens (including phenoxy) is 2. The molecular formula is C21H34O4. The minimum absolute atomic E-state index is 0. The fraction of sp³-hybridized carbons (Fsp3) is 0.524. The summed E-state index contributed by atoms with van der Waals surface area (Å²) in [5.74, 6) is 0.264. The van der Waals surface area contributed by atoms with Crippen LogP contribution in [0.15, 0.2) is 18.2 Å². The first kappa shape index (κ1) is 25.1. The van der Waals surface area contributed by atoms with Crippen molar-refractivity contribution in [2.24, 2.45) is 0 Å². The second-order valence-corrected chi connectivity index (χ2v) is 6.05. The van der Waals surface area contributed by atoms with Crippen molar-refractivity contribution in [1.82, 2.24) is 0 Å². The van der Waals surface area contributed by atoms with Crippen molar-refractivity contribution in [3.63, 3.8) is 0 Å². The molecule has 0 spiro atoms. The number of aryl methyl sites for hydroxylation is 2. The molecule has 25 heavy (non-hydrogen) atoms. The Morgan fingerprint density at radius 2 is 1.60 bits per heavy atom. The molecule has 0 aromatic heterocycles. The zero-order valence-corrected chi connectivity index (χ0v) is 16.1. The zero-order valence-electron chi connectivity index (χ0n) is 16.1. The molecule has 0 N–H and O–H groups in total. The van der Waals surface area contributed by atoms with Gasteiger partial charge in [-0.2, -0.15) is 0 Å². The normalized spacial score (nSPS) is 10.6. The molecule has 0 aliphatic carbocycles. The Balaban J connectivity index is 0. The van der Waals surface area contributed by atoms with Crippen LogP contribution in [0.5, 0.6) is 5.75 Å². The van der Waals surface area contributed by atoms with Crippen molar-refractivity contribution in [3.05, 3.63) is 34.9 Å². The van der Waals surface area contributed by atoms with Crippen LogP contribution in [0.4, 0.5) is 0 Å². The molecule has 0 unspecified atom stereocenters. The molecule has 0 aliphatic rings. The highest BCUT2D eigenvalue weighted by molar-refractivity contribution is 5.79. The molecule has 0 saturated heterocycles. The van der Waals surface area contributed by atoms with E-state index < -0.39 is 11.6 Å². The lowest BCUT2D eigenvalue weighted by atomic mass is 10.0. The summed E-state index contributed by atoms with van der Waals surface area (Å²) in [4.78, 5) is 22.5. The molecule has 0 saturated carbocycles. The molecule has 4 heteroatoms. The number of carbonyl (C=O) groups excluding carboxylic acids is 2. The van der Waals surface area contributed by atoms with Gasteiger partial charge in [0.2, 0.25) is 0 Å². The van der Waals surface area contributed by atoms with Crippen molar-refractivity contribution in [2.45, 2.75) is 74.5 Å². The van der Waals surface area contributed by atoms with Crippen LogP contribution < -0.4 is 4.74 Å². The summed E-state index contributed by atoms with van der Waals surface area (Å²) in [6, 6.07) is 3.82. The fourth-order valence-electron chi connectivity index (χ4n) is 2.04. The van der Waals surface area contributed by atoms with Crippen LogP contribution in [-0.4, -0.2) is 24.0 Å². The zero-order chi connectivity index (χ0) is 18.9. The first-order chi connectivity index (χ1) is 11.2. The Hall–Kier alpha value is -2.10. The molecule has 0 bridgehead atoms. The molecule has 1 aromatic carbocycles. The van der Waals surface area contributed by atoms with E-state index in [-0.39, 0.29) is 13.5 Å². The van der Waals surface area contributed by atoms with E-state index in [1.807, 2.05) is 39.8 Å². The van der Waals surface area contributed by atoms with Crippen LogP contribution in [0.3, 0.4) is 0 Å². The Bertz CT molecular complexity index is 561. The summed E-state index contributed by atoms with van der Waals surface area (Å²) >= 11 is 0. The highest BCUT2D eigenvalue weighted by atomic mass is 16.6. The number of esters is 1. The van der Waals surface area contributed by atoms with Crippen LogP contribution in [0.25, 0.3) is 6.08 Å². The maximum Gasteiger partial charge on any atom is 0.350 e. The third-order valence-corrected chi connectivity index (χ3v) is 3.04. The number of hydrogen-bond donors (Lipinski definition) is 0. The van der Waals surface area contributed by atoms with Gasteiger partial charge in [-0.15, -0.1) is 0 Å². The Morgan fingerprint density at radius 1 is 1.12 bits per heavy atom. The molecule has 0 aliphatic heterocycles. The van der Waals surface area contributed by atoms with Crippen LogP contribution in [0.1, 0.15) is 65.7 Å². The van der Waals surface area contributed by atoms with E-state index >= 15 is 0 Å². The van der Waals surface area contributed by atoms with Crippen molar-refractivity contribution >= 4 is 18.3 Å². The van der Waals surface area contributed by atoms with E-state index in [9.17, 15) is 9.59 Å². The maximum absolute atomic E-state index is 12.1. The lowest BCUT2D eigenvalue weighted by Crippen LogP contribution is -2.41. The summed E-state index contributed by atoms with van der Waals surface area (Å²) in [6.45, 7) is 14.8. The van der Waals surface area contributed by atoms with E-state index in [0.29, 0.717) is 5.75 Å². The summed E-state index contributed by atoms with van der Waals surface area (Å²) in [7, 11) is 0. The molecular weight excluding hydrogens is 316 g/mol. The minimum Gasteiger partial charge on any atom is -0.476 e. The molecule has 142 valence electrons. The molecule has 0 atom stereocenters. The molecule has 0 heterocycles. The Morgan fingerprint density at radius 3 is 2.00 bits per heavy atom. The van der Waals surface area contributed by atoms with Gasteiger partial charge in [0.15, 0.2) is 5.60 Å². The van der Waals surface area contributed by atoms with Gasteiger partial charge in [0, 0.05) is 0 Å². The van der Waals surface area contributed by atoms with Crippen LogP contribution in [-0.2, 0) is 14.3 Å². The van der Waals surface area contributed by atoms with Crippen LogP contribution in [0.2, 0.25) is 0 Å². The highest BCUT2D eigenvalue weighted by Gasteiger charge is 2.33. The van der Waals surface area contributed by atoms with Gasteiger partial charge in [0.1, 0.15) is 12.0 Å².